The van der Waals surface area contributed by atoms with Gasteiger partial charge in [-0.2, -0.15) is 0 Å². The third-order valence-electron chi connectivity index (χ3n) is 4.49. The molecular formula is C19H21N5O. The number of nitrogens with one attached hydrogen (secondary N) is 1. The fraction of sp³-hybridized carbons (Fsp3) is 0.316. The highest BCUT2D eigenvalue weighted by atomic mass is 16.5. The second-order valence-electron chi connectivity index (χ2n) is 6.17. The van der Waals surface area contributed by atoms with Crippen LogP contribution in [0, 0.1) is 0 Å². The third-order valence-corrected chi connectivity index (χ3v) is 4.49. The lowest BCUT2D eigenvalue weighted by Gasteiger charge is -2.33. The highest BCUT2D eigenvalue weighted by molar-refractivity contribution is 5.78. The van der Waals surface area contributed by atoms with Gasteiger partial charge in [-0.25, -0.2) is 4.98 Å². The highest BCUT2D eigenvalue weighted by Crippen LogP contribution is 2.26. The summed E-state index contributed by atoms with van der Waals surface area (Å²) in [5, 5.41) is 4.28. The molecule has 0 unspecified atom stereocenters. The average Bonchev–Trinajstić information content (AvgIpc) is 2.68. The maximum absolute atomic E-state index is 5.95. The first-order valence-electron chi connectivity index (χ1n) is 8.50. The van der Waals surface area contributed by atoms with Gasteiger partial charge in [0.15, 0.2) is 0 Å². The van der Waals surface area contributed by atoms with Crippen LogP contribution in [-0.4, -0.2) is 46.6 Å². The topological polar surface area (TPSA) is 63.2 Å². The van der Waals surface area contributed by atoms with Crippen molar-refractivity contribution in [2.75, 3.05) is 32.1 Å². The van der Waals surface area contributed by atoms with E-state index in [1.54, 1.807) is 12.4 Å². The zero-order valence-electron chi connectivity index (χ0n) is 14.2. The van der Waals surface area contributed by atoms with Gasteiger partial charge in [0.05, 0.1) is 12.1 Å². The summed E-state index contributed by atoms with van der Waals surface area (Å²) in [6, 6.07) is 10.5. The Morgan fingerprint density at radius 3 is 3.00 bits per heavy atom. The van der Waals surface area contributed by atoms with Crippen LogP contribution in [0.4, 0.5) is 5.82 Å². The molecule has 2 aromatic heterocycles. The molecule has 1 N–H and O–H groups in total. The number of hydrogen-bond donors (Lipinski definition) is 1. The van der Waals surface area contributed by atoms with E-state index in [-0.39, 0.29) is 6.10 Å². The molecule has 1 saturated heterocycles. The minimum absolute atomic E-state index is 0.0629. The average molecular weight is 335 g/mol. The van der Waals surface area contributed by atoms with Crippen LogP contribution in [0.15, 0.2) is 48.9 Å². The summed E-state index contributed by atoms with van der Waals surface area (Å²) in [6.45, 7) is 3.30. The van der Waals surface area contributed by atoms with Crippen LogP contribution in [0.2, 0.25) is 0 Å². The van der Waals surface area contributed by atoms with Gasteiger partial charge in [-0.3, -0.25) is 14.9 Å². The normalized spacial score (nSPS) is 18.4. The standard InChI is InChI=1S/C19H21N5O/c1-20-19-18(22-7-8-23-19)17-13-24(9-10-25-17)12-14-4-5-16-15(11-14)3-2-6-21-16/h2-8,11,17H,9-10,12-13H2,1H3,(H,20,23)/t17-/m0/s1. The van der Waals surface area contributed by atoms with Gasteiger partial charge in [0.25, 0.3) is 0 Å². The summed E-state index contributed by atoms with van der Waals surface area (Å²) >= 11 is 0. The molecule has 1 aromatic carbocycles. The van der Waals surface area contributed by atoms with Crippen LogP contribution in [0.1, 0.15) is 17.4 Å². The molecular weight excluding hydrogens is 314 g/mol. The summed E-state index contributed by atoms with van der Waals surface area (Å²) in [6.07, 6.45) is 5.18. The molecule has 1 aliphatic heterocycles. The molecule has 6 heteroatoms. The second kappa shape index (κ2) is 7.13. The maximum atomic E-state index is 5.95. The van der Waals surface area contributed by atoms with Gasteiger partial charge >= 0.3 is 0 Å². The first-order chi connectivity index (χ1) is 12.3. The van der Waals surface area contributed by atoms with Crippen LogP contribution in [0.5, 0.6) is 0 Å². The van der Waals surface area contributed by atoms with E-state index in [0.717, 1.165) is 36.7 Å². The third kappa shape index (κ3) is 3.45. The van der Waals surface area contributed by atoms with E-state index in [1.807, 2.05) is 19.3 Å². The van der Waals surface area contributed by atoms with Crippen LogP contribution >= 0.6 is 0 Å². The minimum Gasteiger partial charge on any atom is -0.372 e. The predicted octanol–water partition coefficient (Wildman–Crippen LogP) is 2.64. The van der Waals surface area contributed by atoms with E-state index in [4.69, 9.17) is 4.74 Å². The van der Waals surface area contributed by atoms with Crippen molar-refractivity contribution in [1.82, 2.24) is 19.9 Å². The lowest BCUT2D eigenvalue weighted by Crippen LogP contribution is -2.38. The smallest absolute Gasteiger partial charge is 0.150 e. The molecule has 1 aliphatic rings. The number of nitrogens with zero attached hydrogens (tertiary/aromatic N) is 4. The summed E-state index contributed by atoms with van der Waals surface area (Å²) in [7, 11) is 1.86. The number of aromatic nitrogens is 3. The number of pyridine rings is 1. The molecule has 0 radical (unpaired) electrons. The number of anilines is 1. The number of fused-ring (bicyclic) bond motifs is 1. The number of hydrogen-bond acceptors (Lipinski definition) is 6. The van der Waals surface area contributed by atoms with Crippen LogP contribution in [0.25, 0.3) is 10.9 Å². The van der Waals surface area contributed by atoms with Crippen molar-refractivity contribution in [2.24, 2.45) is 0 Å². The van der Waals surface area contributed by atoms with Crippen molar-refractivity contribution in [2.45, 2.75) is 12.6 Å². The first kappa shape index (κ1) is 15.9. The molecule has 3 aromatic rings. The molecule has 6 nitrogen and oxygen atoms in total. The Bertz CT molecular complexity index is 869. The van der Waals surface area contributed by atoms with Crippen molar-refractivity contribution in [3.05, 3.63) is 60.2 Å². The highest BCUT2D eigenvalue weighted by Gasteiger charge is 2.25. The second-order valence-corrected chi connectivity index (χ2v) is 6.17. The molecule has 0 aliphatic carbocycles. The number of rotatable bonds is 4. The van der Waals surface area contributed by atoms with Gasteiger partial charge in [0, 0.05) is 50.7 Å². The molecule has 1 atom stereocenters. The minimum atomic E-state index is -0.0629. The molecule has 1 fully saturated rings. The molecule has 25 heavy (non-hydrogen) atoms. The van der Waals surface area contributed by atoms with Gasteiger partial charge in [-0.05, 0) is 23.8 Å². The van der Waals surface area contributed by atoms with E-state index >= 15 is 0 Å². The van der Waals surface area contributed by atoms with Crippen LogP contribution < -0.4 is 5.32 Å². The first-order valence-corrected chi connectivity index (χ1v) is 8.50. The Balaban J connectivity index is 1.50. The Morgan fingerprint density at radius 2 is 2.08 bits per heavy atom. The van der Waals surface area contributed by atoms with Gasteiger partial charge in [0.1, 0.15) is 17.6 Å². The molecule has 3 heterocycles. The predicted molar refractivity (Wildman–Crippen MR) is 97.3 cm³/mol. The molecule has 0 saturated carbocycles. The summed E-state index contributed by atoms with van der Waals surface area (Å²) in [5.41, 5.74) is 3.19. The Hall–Kier alpha value is -2.57. The molecule has 0 spiro atoms. The van der Waals surface area contributed by atoms with Crippen molar-refractivity contribution in [1.29, 1.82) is 0 Å². The van der Waals surface area contributed by atoms with E-state index < -0.39 is 0 Å². The molecule has 0 amide bonds. The van der Waals surface area contributed by atoms with Gasteiger partial charge in [-0.1, -0.05) is 12.1 Å². The van der Waals surface area contributed by atoms with Crippen LogP contribution in [-0.2, 0) is 11.3 Å². The van der Waals surface area contributed by atoms with Crippen molar-refractivity contribution >= 4 is 16.7 Å². The van der Waals surface area contributed by atoms with E-state index in [0.29, 0.717) is 6.61 Å². The molecule has 128 valence electrons. The van der Waals surface area contributed by atoms with Crippen molar-refractivity contribution in [3.8, 4) is 0 Å². The lowest BCUT2D eigenvalue weighted by atomic mass is 10.1. The van der Waals surface area contributed by atoms with Gasteiger partial charge in [0.2, 0.25) is 0 Å². The largest absolute Gasteiger partial charge is 0.372 e. The zero-order valence-corrected chi connectivity index (χ0v) is 14.2. The number of ether oxygens (including phenoxy) is 1. The molecule has 0 bridgehead atoms. The van der Waals surface area contributed by atoms with Gasteiger partial charge < -0.3 is 10.1 Å². The lowest BCUT2D eigenvalue weighted by molar-refractivity contribution is -0.0347. The quantitative estimate of drug-likeness (QED) is 0.791. The van der Waals surface area contributed by atoms with Gasteiger partial charge in [-0.15, -0.1) is 0 Å². The zero-order chi connectivity index (χ0) is 17.1. The molecule has 4 rings (SSSR count). The Kier molecular flexibility index (Phi) is 4.54. The van der Waals surface area contributed by atoms with Crippen molar-refractivity contribution < 1.29 is 4.74 Å². The number of benzene rings is 1. The van der Waals surface area contributed by atoms with E-state index in [1.165, 1.54) is 10.9 Å². The summed E-state index contributed by atoms with van der Waals surface area (Å²) < 4.78 is 5.95. The monoisotopic (exact) mass is 335 g/mol. The number of morpholine rings is 1. The maximum Gasteiger partial charge on any atom is 0.150 e. The van der Waals surface area contributed by atoms with Crippen molar-refractivity contribution in [3.63, 3.8) is 0 Å². The Labute approximate surface area is 146 Å². The Morgan fingerprint density at radius 1 is 1.16 bits per heavy atom. The fourth-order valence-electron chi connectivity index (χ4n) is 3.27. The van der Waals surface area contributed by atoms with E-state index in [9.17, 15) is 0 Å². The van der Waals surface area contributed by atoms with E-state index in [2.05, 4.69) is 49.4 Å². The fourth-order valence-corrected chi connectivity index (χ4v) is 3.27. The summed E-state index contributed by atoms with van der Waals surface area (Å²) in [4.78, 5) is 15.6. The summed E-state index contributed by atoms with van der Waals surface area (Å²) in [5.74, 6) is 0.783. The van der Waals surface area contributed by atoms with Crippen LogP contribution in [0.3, 0.4) is 0 Å². The SMILES string of the molecule is CNc1nccnc1[C@@H]1CN(Cc2ccc3ncccc3c2)CCO1.